The molecule has 0 aliphatic heterocycles. The molecule has 1 N–H and O–H groups in total. The van der Waals surface area contributed by atoms with Crippen molar-refractivity contribution in [3.63, 3.8) is 0 Å². The van der Waals surface area contributed by atoms with Crippen LogP contribution in [0.4, 0.5) is 5.13 Å². The summed E-state index contributed by atoms with van der Waals surface area (Å²) >= 11 is 2.60. The number of phenolic OH excluding ortho intramolecular Hbond substituents is 1. The molecule has 0 aliphatic carbocycles. The minimum absolute atomic E-state index is 0.0742. The molecule has 0 radical (unpaired) electrons. The Kier molecular flexibility index (Phi) is 7.37. The van der Waals surface area contributed by atoms with Crippen LogP contribution in [0.1, 0.15) is 64.5 Å². The number of thiophene rings is 1. The summed E-state index contributed by atoms with van der Waals surface area (Å²) in [5, 5.41) is 14.7. The third-order valence-electron chi connectivity index (χ3n) is 4.45. The van der Waals surface area contributed by atoms with E-state index in [-0.39, 0.29) is 29.2 Å². The summed E-state index contributed by atoms with van der Waals surface area (Å²) in [4.78, 5) is 33.3. The number of aromatic nitrogens is 1. The maximum atomic E-state index is 12.3. The predicted octanol–water partition coefficient (Wildman–Crippen LogP) is 6.03. The van der Waals surface area contributed by atoms with Crippen LogP contribution in [0.2, 0.25) is 0 Å². The van der Waals surface area contributed by atoms with Gasteiger partial charge in [-0.05, 0) is 47.6 Å². The lowest BCUT2D eigenvalue weighted by Gasteiger charge is -2.22. The summed E-state index contributed by atoms with van der Waals surface area (Å²) < 4.78 is 4.94. The van der Waals surface area contributed by atoms with Gasteiger partial charge in [0.15, 0.2) is 11.5 Å². The molecule has 6 nitrogen and oxygen atoms in total. The highest BCUT2D eigenvalue weighted by molar-refractivity contribution is 7.13. The van der Waals surface area contributed by atoms with Gasteiger partial charge < -0.3 is 9.84 Å². The number of phenols is 1. The van der Waals surface area contributed by atoms with Crippen LogP contribution >= 0.6 is 22.7 Å². The van der Waals surface area contributed by atoms with Crippen LogP contribution in [0, 0.1) is 0 Å². The zero-order valence-corrected chi connectivity index (χ0v) is 19.9. The number of rotatable bonds is 7. The second kappa shape index (κ2) is 10.0. The van der Waals surface area contributed by atoms with Crippen LogP contribution < -0.4 is 0 Å². The van der Waals surface area contributed by atoms with E-state index in [1.165, 1.54) is 35.0 Å². The number of thiazole rings is 1. The number of esters is 1. The Labute approximate surface area is 194 Å². The molecular formula is C24H24N2O4S2. The van der Waals surface area contributed by atoms with E-state index in [4.69, 9.17) is 4.74 Å². The van der Waals surface area contributed by atoms with Gasteiger partial charge in [0.05, 0.1) is 11.5 Å². The first kappa shape index (κ1) is 23.6. The molecule has 0 unspecified atom stereocenters. The number of hydrogen-bond acceptors (Lipinski definition) is 8. The number of benzene rings is 1. The molecule has 0 aliphatic rings. The topological polar surface area (TPSA) is 88.8 Å². The Morgan fingerprint density at radius 3 is 2.69 bits per heavy atom. The molecule has 166 valence electrons. The number of hydrogen-bond donors (Lipinski definition) is 1. The van der Waals surface area contributed by atoms with Crippen molar-refractivity contribution in [2.45, 2.75) is 33.1 Å². The predicted molar refractivity (Wildman–Crippen MR) is 130 cm³/mol. The van der Waals surface area contributed by atoms with E-state index in [1.807, 2.05) is 38.3 Å². The largest absolute Gasteiger partial charge is 0.507 e. The molecule has 3 aromatic rings. The first-order valence-electron chi connectivity index (χ1n) is 9.99. The van der Waals surface area contributed by atoms with Crippen LogP contribution in [0.25, 0.3) is 6.08 Å². The molecule has 3 rings (SSSR count). The van der Waals surface area contributed by atoms with Crippen molar-refractivity contribution in [3.05, 3.63) is 68.4 Å². The van der Waals surface area contributed by atoms with Crippen molar-refractivity contribution in [2.24, 2.45) is 4.99 Å². The minimum atomic E-state index is -0.495. The van der Waals surface area contributed by atoms with E-state index in [2.05, 4.69) is 9.98 Å². The van der Waals surface area contributed by atoms with Gasteiger partial charge in [-0.2, -0.15) is 0 Å². The standard InChI is InChI=1S/C24H24N2O4S2/c1-5-30-22(29)18-14-32-23(26-18)25-13-16-11-15(12-17(21(16)28)24(2,3)4)8-9-19(27)20-7-6-10-31-20/h6-14,28H,5H2,1-4H3/b9-8+,25-13?. The monoisotopic (exact) mass is 468 g/mol. The number of nitrogens with zero attached hydrogens (tertiary/aromatic N) is 2. The fourth-order valence-electron chi connectivity index (χ4n) is 2.87. The number of aromatic hydroxyl groups is 1. The Morgan fingerprint density at radius 2 is 2.03 bits per heavy atom. The Morgan fingerprint density at radius 1 is 1.25 bits per heavy atom. The Hall–Kier alpha value is -3.10. The van der Waals surface area contributed by atoms with Crippen molar-refractivity contribution in [3.8, 4) is 5.75 Å². The van der Waals surface area contributed by atoms with E-state index in [1.54, 1.807) is 30.5 Å². The van der Waals surface area contributed by atoms with Crippen LogP contribution in [0.15, 0.2) is 46.1 Å². The van der Waals surface area contributed by atoms with Gasteiger partial charge in [0.1, 0.15) is 5.75 Å². The van der Waals surface area contributed by atoms with E-state index in [0.29, 0.717) is 15.6 Å². The average Bonchev–Trinajstić information content (AvgIpc) is 3.43. The third-order valence-corrected chi connectivity index (χ3v) is 6.08. The SMILES string of the molecule is CCOC(=O)c1csc(N=Cc2cc(/C=C/C(=O)c3cccs3)cc(C(C)(C)C)c2O)n1. The van der Waals surface area contributed by atoms with Crippen molar-refractivity contribution in [1.82, 2.24) is 4.98 Å². The molecule has 0 spiro atoms. The second-order valence-corrected chi connectivity index (χ2v) is 9.71. The van der Waals surface area contributed by atoms with Crippen LogP contribution in [-0.4, -0.2) is 34.7 Å². The molecule has 0 saturated carbocycles. The average molecular weight is 469 g/mol. The Bertz CT molecular complexity index is 1170. The van der Waals surface area contributed by atoms with Crippen molar-refractivity contribution in [1.29, 1.82) is 0 Å². The molecule has 2 aromatic heterocycles. The lowest BCUT2D eigenvalue weighted by molar-refractivity contribution is 0.0520. The third kappa shape index (κ3) is 5.77. The second-order valence-electron chi connectivity index (χ2n) is 7.93. The molecule has 0 bridgehead atoms. The van der Waals surface area contributed by atoms with E-state index in [0.717, 1.165) is 11.1 Å². The van der Waals surface area contributed by atoms with Crippen molar-refractivity contribution in [2.75, 3.05) is 6.61 Å². The highest BCUT2D eigenvalue weighted by Crippen LogP contribution is 2.34. The first-order valence-corrected chi connectivity index (χ1v) is 11.7. The number of carbonyl (C=O) groups is 2. The summed E-state index contributed by atoms with van der Waals surface area (Å²) in [5.74, 6) is -0.453. The highest BCUT2D eigenvalue weighted by atomic mass is 32.1. The maximum Gasteiger partial charge on any atom is 0.357 e. The van der Waals surface area contributed by atoms with Gasteiger partial charge >= 0.3 is 5.97 Å². The zero-order chi connectivity index (χ0) is 23.3. The van der Waals surface area contributed by atoms with Gasteiger partial charge in [-0.25, -0.2) is 14.8 Å². The van der Waals surface area contributed by atoms with Gasteiger partial charge in [-0.15, -0.1) is 22.7 Å². The number of aliphatic imine (C=N–C) groups is 1. The molecule has 0 fully saturated rings. The number of ketones is 1. The quantitative estimate of drug-likeness (QED) is 0.198. The molecule has 0 amide bonds. The summed E-state index contributed by atoms with van der Waals surface area (Å²) in [6.45, 7) is 8.00. The molecule has 8 heteroatoms. The zero-order valence-electron chi connectivity index (χ0n) is 18.3. The fourth-order valence-corrected chi connectivity index (χ4v) is 4.14. The van der Waals surface area contributed by atoms with Gasteiger partial charge in [-0.3, -0.25) is 4.79 Å². The van der Waals surface area contributed by atoms with E-state index < -0.39 is 5.97 Å². The molecule has 0 atom stereocenters. The summed E-state index contributed by atoms with van der Waals surface area (Å²) in [7, 11) is 0. The number of ether oxygens (including phenoxy) is 1. The first-order chi connectivity index (χ1) is 15.2. The molecule has 0 saturated heterocycles. The van der Waals surface area contributed by atoms with Gasteiger partial charge in [-0.1, -0.05) is 32.9 Å². The molecule has 1 aromatic carbocycles. The molecule has 2 heterocycles. The summed E-state index contributed by atoms with van der Waals surface area (Å²) in [6, 6.07) is 7.25. The van der Waals surface area contributed by atoms with Crippen LogP contribution in [0.3, 0.4) is 0 Å². The maximum absolute atomic E-state index is 12.3. The lowest BCUT2D eigenvalue weighted by atomic mass is 9.84. The highest BCUT2D eigenvalue weighted by Gasteiger charge is 2.21. The van der Waals surface area contributed by atoms with Crippen molar-refractivity contribution < 1.29 is 19.4 Å². The van der Waals surface area contributed by atoms with Crippen LogP contribution in [-0.2, 0) is 10.2 Å². The van der Waals surface area contributed by atoms with Gasteiger partial charge in [0.25, 0.3) is 0 Å². The van der Waals surface area contributed by atoms with E-state index >= 15 is 0 Å². The lowest BCUT2D eigenvalue weighted by Crippen LogP contribution is -2.12. The molecule has 32 heavy (non-hydrogen) atoms. The summed E-state index contributed by atoms with van der Waals surface area (Å²) in [5.41, 5.74) is 1.87. The number of carbonyl (C=O) groups excluding carboxylic acids is 2. The van der Waals surface area contributed by atoms with E-state index in [9.17, 15) is 14.7 Å². The number of allylic oxidation sites excluding steroid dienone is 1. The van der Waals surface area contributed by atoms with Crippen LogP contribution in [0.5, 0.6) is 5.75 Å². The van der Waals surface area contributed by atoms with Crippen molar-refractivity contribution >= 4 is 51.8 Å². The normalized spacial score (nSPS) is 12.0. The molecular weight excluding hydrogens is 444 g/mol. The van der Waals surface area contributed by atoms with Gasteiger partial charge in [0.2, 0.25) is 5.13 Å². The smallest absolute Gasteiger partial charge is 0.357 e. The van der Waals surface area contributed by atoms with Gasteiger partial charge in [0, 0.05) is 22.7 Å². The minimum Gasteiger partial charge on any atom is -0.507 e. The summed E-state index contributed by atoms with van der Waals surface area (Å²) in [6.07, 6.45) is 4.77. The fraction of sp³-hybridized carbons (Fsp3) is 0.250. The Balaban J connectivity index is 1.92.